The van der Waals surface area contributed by atoms with Crippen molar-refractivity contribution in [2.75, 3.05) is 20.8 Å². The second-order valence-electron chi connectivity index (χ2n) is 5.97. The number of carbonyl (C=O) groups is 1. The Morgan fingerprint density at radius 2 is 2.05 bits per heavy atom. The summed E-state index contributed by atoms with van der Waals surface area (Å²) < 4.78 is 11.0. The van der Waals surface area contributed by atoms with Crippen LogP contribution in [-0.4, -0.2) is 32.3 Å². The largest absolute Gasteiger partial charge is 0.491 e. The van der Waals surface area contributed by atoms with Crippen molar-refractivity contribution in [2.24, 2.45) is 5.92 Å². The first-order chi connectivity index (χ1) is 10.0. The molecule has 1 aromatic carbocycles. The van der Waals surface area contributed by atoms with E-state index in [1.54, 1.807) is 7.05 Å². The van der Waals surface area contributed by atoms with Crippen molar-refractivity contribution in [2.45, 2.75) is 38.1 Å². The summed E-state index contributed by atoms with van der Waals surface area (Å²) >= 11 is 0. The zero-order chi connectivity index (χ0) is 15.5. The van der Waals surface area contributed by atoms with Gasteiger partial charge in [-0.25, -0.2) is 4.79 Å². The SMILES string of the molecule is CNC(COc1ccccc1C(C)C)(C(=O)OC)C1CC1. The maximum atomic E-state index is 12.2. The minimum atomic E-state index is -0.737. The van der Waals surface area contributed by atoms with Gasteiger partial charge in [0.25, 0.3) is 0 Å². The lowest BCUT2D eigenvalue weighted by Crippen LogP contribution is -2.57. The highest BCUT2D eigenvalue weighted by Gasteiger charge is 2.51. The highest BCUT2D eigenvalue weighted by atomic mass is 16.5. The molecular formula is C17H25NO3. The molecule has 1 N–H and O–H groups in total. The highest BCUT2D eigenvalue weighted by Crippen LogP contribution is 2.41. The minimum Gasteiger partial charge on any atom is -0.491 e. The number of rotatable bonds is 7. The molecule has 0 amide bonds. The van der Waals surface area contributed by atoms with E-state index in [-0.39, 0.29) is 5.97 Å². The molecule has 0 aliphatic heterocycles. The molecule has 21 heavy (non-hydrogen) atoms. The molecule has 1 unspecified atom stereocenters. The normalized spacial score (nSPS) is 17.4. The summed E-state index contributed by atoms with van der Waals surface area (Å²) in [5.74, 6) is 1.27. The average Bonchev–Trinajstić information content (AvgIpc) is 3.33. The minimum absolute atomic E-state index is 0.241. The van der Waals surface area contributed by atoms with Crippen molar-refractivity contribution in [1.29, 1.82) is 0 Å². The zero-order valence-corrected chi connectivity index (χ0v) is 13.3. The van der Waals surface area contributed by atoms with E-state index in [4.69, 9.17) is 9.47 Å². The molecule has 0 spiro atoms. The Bertz CT molecular complexity index is 497. The topological polar surface area (TPSA) is 47.6 Å². The smallest absolute Gasteiger partial charge is 0.329 e. The first-order valence-electron chi connectivity index (χ1n) is 7.54. The fraction of sp³-hybridized carbons (Fsp3) is 0.588. The predicted molar refractivity (Wildman–Crippen MR) is 82.6 cm³/mol. The Hall–Kier alpha value is -1.55. The van der Waals surface area contributed by atoms with Crippen molar-refractivity contribution in [3.63, 3.8) is 0 Å². The van der Waals surface area contributed by atoms with Gasteiger partial charge < -0.3 is 14.8 Å². The Morgan fingerprint density at radius 3 is 2.57 bits per heavy atom. The van der Waals surface area contributed by atoms with Gasteiger partial charge >= 0.3 is 5.97 Å². The molecule has 2 rings (SSSR count). The fourth-order valence-corrected chi connectivity index (χ4v) is 2.76. The van der Waals surface area contributed by atoms with Crippen LogP contribution in [0.5, 0.6) is 5.75 Å². The summed E-state index contributed by atoms with van der Waals surface area (Å²) in [5.41, 5.74) is 0.418. The van der Waals surface area contributed by atoms with Gasteiger partial charge in [-0.1, -0.05) is 32.0 Å². The van der Waals surface area contributed by atoms with Gasteiger partial charge in [0.05, 0.1) is 7.11 Å². The molecule has 0 heterocycles. The summed E-state index contributed by atoms with van der Waals surface area (Å²) in [6.45, 7) is 4.56. The highest BCUT2D eigenvalue weighted by molar-refractivity contribution is 5.82. The van der Waals surface area contributed by atoms with Crippen LogP contribution in [-0.2, 0) is 9.53 Å². The second kappa shape index (κ2) is 6.48. The molecule has 1 fully saturated rings. The molecule has 4 heteroatoms. The summed E-state index contributed by atoms with van der Waals surface area (Å²) in [4.78, 5) is 12.2. The molecular weight excluding hydrogens is 266 g/mol. The number of hydrogen-bond acceptors (Lipinski definition) is 4. The molecule has 1 aromatic rings. The van der Waals surface area contributed by atoms with Crippen LogP contribution < -0.4 is 10.1 Å². The van der Waals surface area contributed by atoms with Gasteiger partial charge in [-0.3, -0.25) is 0 Å². The van der Waals surface area contributed by atoms with E-state index < -0.39 is 5.54 Å². The van der Waals surface area contributed by atoms with Gasteiger partial charge in [0.1, 0.15) is 12.4 Å². The maximum Gasteiger partial charge on any atom is 0.329 e. The Morgan fingerprint density at radius 1 is 1.38 bits per heavy atom. The number of methoxy groups -OCH3 is 1. The average molecular weight is 291 g/mol. The Labute approximate surface area is 126 Å². The van der Waals surface area contributed by atoms with E-state index in [0.717, 1.165) is 24.2 Å². The molecule has 1 aliphatic carbocycles. The molecule has 1 saturated carbocycles. The van der Waals surface area contributed by atoms with Crippen LogP contribution in [0.15, 0.2) is 24.3 Å². The lowest BCUT2D eigenvalue weighted by Gasteiger charge is -2.31. The molecule has 0 bridgehead atoms. The third kappa shape index (κ3) is 3.21. The first kappa shape index (κ1) is 15.8. The molecule has 1 atom stereocenters. The van der Waals surface area contributed by atoms with Crippen molar-refractivity contribution in [1.82, 2.24) is 5.32 Å². The summed E-state index contributed by atoms with van der Waals surface area (Å²) in [5, 5.41) is 3.15. The fourth-order valence-electron chi connectivity index (χ4n) is 2.76. The molecule has 4 nitrogen and oxygen atoms in total. The van der Waals surface area contributed by atoms with Gasteiger partial charge in [0.2, 0.25) is 0 Å². The van der Waals surface area contributed by atoms with E-state index in [1.807, 2.05) is 18.2 Å². The summed E-state index contributed by atoms with van der Waals surface area (Å²) in [7, 11) is 3.23. The van der Waals surface area contributed by atoms with Crippen LogP contribution >= 0.6 is 0 Å². The first-order valence-corrected chi connectivity index (χ1v) is 7.54. The molecule has 116 valence electrons. The van der Waals surface area contributed by atoms with Gasteiger partial charge in [0.15, 0.2) is 5.54 Å². The summed E-state index contributed by atoms with van der Waals surface area (Å²) in [6, 6.07) is 7.99. The third-order valence-electron chi connectivity index (χ3n) is 4.27. The standard InChI is InChI=1S/C17H25NO3/c1-12(2)14-7-5-6-8-15(14)21-11-17(18-3,13-9-10-13)16(19)20-4/h5-8,12-13,18H,9-11H2,1-4H3. The van der Waals surface area contributed by atoms with Crippen molar-refractivity contribution in [3.8, 4) is 5.75 Å². The van der Waals surface area contributed by atoms with Gasteiger partial charge in [0, 0.05) is 0 Å². The van der Waals surface area contributed by atoms with Gasteiger partial charge in [-0.15, -0.1) is 0 Å². The Balaban J connectivity index is 2.18. The van der Waals surface area contributed by atoms with Crippen molar-refractivity contribution >= 4 is 5.97 Å². The number of nitrogens with one attached hydrogen (secondary N) is 1. The van der Waals surface area contributed by atoms with E-state index in [1.165, 1.54) is 7.11 Å². The van der Waals surface area contributed by atoms with E-state index >= 15 is 0 Å². The number of carbonyl (C=O) groups excluding carboxylic acids is 1. The van der Waals surface area contributed by atoms with E-state index in [2.05, 4.69) is 25.2 Å². The Kier molecular flexibility index (Phi) is 4.88. The predicted octanol–water partition coefficient (Wildman–Crippen LogP) is 2.73. The van der Waals surface area contributed by atoms with Crippen molar-refractivity contribution < 1.29 is 14.3 Å². The lowest BCUT2D eigenvalue weighted by molar-refractivity contribution is -0.151. The molecule has 0 saturated heterocycles. The molecule has 0 radical (unpaired) electrons. The lowest BCUT2D eigenvalue weighted by atomic mass is 9.94. The number of ether oxygens (including phenoxy) is 2. The number of likely N-dealkylation sites (N-methyl/N-ethyl adjacent to an activating group) is 1. The maximum absolute atomic E-state index is 12.2. The van der Waals surface area contributed by atoms with Crippen LogP contribution in [0.2, 0.25) is 0 Å². The second-order valence-corrected chi connectivity index (χ2v) is 5.97. The quantitative estimate of drug-likeness (QED) is 0.785. The zero-order valence-electron chi connectivity index (χ0n) is 13.3. The van der Waals surface area contributed by atoms with Crippen LogP contribution in [0.25, 0.3) is 0 Å². The van der Waals surface area contributed by atoms with Crippen LogP contribution in [0, 0.1) is 5.92 Å². The number of hydrogen-bond donors (Lipinski definition) is 1. The van der Waals surface area contributed by atoms with E-state index in [0.29, 0.717) is 18.4 Å². The van der Waals surface area contributed by atoms with Crippen LogP contribution in [0.1, 0.15) is 38.2 Å². The molecule has 1 aliphatic rings. The number of para-hydroxylation sites is 1. The molecule has 0 aromatic heterocycles. The number of esters is 1. The third-order valence-corrected chi connectivity index (χ3v) is 4.27. The number of benzene rings is 1. The van der Waals surface area contributed by atoms with Crippen LogP contribution in [0.4, 0.5) is 0 Å². The summed E-state index contributed by atoms with van der Waals surface area (Å²) in [6.07, 6.45) is 2.07. The van der Waals surface area contributed by atoms with Gasteiger partial charge in [-0.2, -0.15) is 0 Å². The van der Waals surface area contributed by atoms with Crippen LogP contribution in [0.3, 0.4) is 0 Å². The van der Waals surface area contributed by atoms with Crippen molar-refractivity contribution in [3.05, 3.63) is 29.8 Å². The van der Waals surface area contributed by atoms with Gasteiger partial charge in [-0.05, 0) is 43.4 Å². The van der Waals surface area contributed by atoms with E-state index in [9.17, 15) is 4.79 Å². The monoisotopic (exact) mass is 291 g/mol.